The molecule has 1 heterocycles. The molecular formula is C23H20O5. The molecule has 0 atom stereocenters. The van der Waals surface area contributed by atoms with Gasteiger partial charge in [-0.15, -0.1) is 0 Å². The molecule has 0 saturated heterocycles. The maximum atomic E-state index is 13.1. The fraction of sp³-hybridized carbons (Fsp3) is 0.217. The molecule has 142 valence electrons. The van der Waals surface area contributed by atoms with Crippen LogP contribution < -0.4 is 10.2 Å². The Morgan fingerprint density at radius 2 is 1.86 bits per heavy atom. The van der Waals surface area contributed by atoms with E-state index in [1.54, 1.807) is 25.3 Å². The van der Waals surface area contributed by atoms with Crippen molar-refractivity contribution in [2.75, 3.05) is 14.2 Å². The number of hydrogen-bond acceptors (Lipinski definition) is 5. The monoisotopic (exact) mass is 376 g/mol. The number of benzene rings is 2. The van der Waals surface area contributed by atoms with E-state index in [1.165, 1.54) is 7.11 Å². The Morgan fingerprint density at radius 3 is 2.57 bits per heavy atom. The zero-order valence-corrected chi connectivity index (χ0v) is 15.8. The van der Waals surface area contributed by atoms with Crippen molar-refractivity contribution < 1.29 is 18.7 Å². The molecule has 3 aromatic rings. The second-order valence-corrected chi connectivity index (χ2v) is 6.74. The molecule has 0 amide bonds. The van der Waals surface area contributed by atoms with Gasteiger partial charge in [-0.2, -0.15) is 0 Å². The quantitative estimate of drug-likeness (QED) is 0.631. The van der Waals surface area contributed by atoms with Gasteiger partial charge in [-0.1, -0.05) is 12.1 Å². The van der Waals surface area contributed by atoms with Gasteiger partial charge >= 0.3 is 5.97 Å². The van der Waals surface area contributed by atoms with Crippen molar-refractivity contribution in [3.05, 3.63) is 75.1 Å². The summed E-state index contributed by atoms with van der Waals surface area (Å²) in [7, 11) is 2.95. The number of methoxy groups -OCH3 is 2. The first-order valence-electron chi connectivity index (χ1n) is 9.14. The van der Waals surface area contributed by atoms with Crippen molar-refractivity contribution in [3.63, 3.8) is 0 Å². The summed E-state index contributed by atoms with van der Waals surface area (Å²) in [4.78, 5) is 24.8. The van der Waals surface area contributed by atoms with Gasteiger partial charge in [-0.05, 0) is 66.8 Å². The van der Waals surface area contributed by atoms with Crippen LogP contribution in [0.3, 0.4) is 0 Å². The molecule has 28 heavy (non-hydrogen) atoms. The van der Waals surface area contributed by atoms with E-state index in [0.717, 1.165) is 29.7 Å². The minimum absolute atomic E-state index is 0.0812. The van der Waals surface area contributed by atoms with E-state index in [-0.39, 0.29) is 5.43 Å². The van der Waals surface area contributed by atoms with Crippen LogP contribution in [0.2, 0.25) is 0 Å². The molecule has 0 aliphatic heterocycles. The Kier molecular flexibility index (Phi) is 4.74. The number of carbonyl (C=O) groups excluding carboxylic acids is 1. The highest BCUT2D eigenvalue weighted by Gasteiger charge is 2.22. The molecule has 5 heteroatoms. The summed E-state index contributed by atoms with van der Waals surface area (Å²) < 4.78 is 16.1. The second-order valence-electron chi connectivity index (χ2n) is 6.74. The minimum atomic E-state index is -0.473. The van der Waals surface area contributed by atoms with Gasteiger partial charge in [0, 0.05) is 5.56 Å². The molecule has 0 N–H and O–H groups in total. The first-order valence-corrected chi connectivity index (χ1v) is 9.14. The molecule has 0 radical (unpaired) electrons. The lowest BCUT2D eigenvalue weighted by Crippen LogP contribution is -2.16. The van der Waals surface area contributed by atoms with E-state index >= 15 is 0 Å². The lowest BCUT2D eigenvalue weighted by atomic mass is 9.90. The Hall–Kier alpha value is -3.34. The maximum absolute atomic E-state index is 13.1. The third-order valence-electron chi connectivity index (χ3n) is 5.03. The van der Waals surface area contributed by atoms with Crippen LogP contribution in [-0.2, 0) is 11.2 Å². The van der Waals surface area contributed by atoms with Gasteiger partial charge in [-0.3, -0.25) is 4.79 Å². The third kappa shape index (κ3) is 3.20. The summed E-state index contributed by atoms with van der Waals surface area (Å²) in [6.45, 7) is 0. The number of allylic oxidation sites excluding steroid dienone is 1. The molecule has 0 bridgehead atoms. The fourth-order valence-corrected chi connectivity index (χ4v) is 3.57. The molecule has 2 aromatic carbocycles. The van der Waals surface area contributed by atoms with Crippen LogP contribution in [0.15, 0.2) is 51.7 Å². The Labute approximate surface area is 162 Å². The van der Waals surface area contributed by atoms with E-state index in [0.29, 0.717) is 34.3 Å². The number of hydrogen-bond donors (Lipinski definition) is 0. The predicted molar refractivity (Wildman–Crippen MR) is 108 cm³/mol. The van der Waals surface area contributed by atoms with Crippen LogP contribution in [0.4, 0.5) is 0 Å². The third-order valence-corrected chi connectivity index (χ3v) is 5.03. The van der Waals surface area contributed by atoms with Crippen molar-refractivity contribution in [1.29, 1.82) is 0 Å². The number of esters is 1. The lowest BCUT2D eigenvalue weighted by Gasteiger charge is -2.18. The van der Waals surface area contributed by atoms with Crippen molar-refractivity contribution >= 4 is 28.6 Å². The Bertz CT molecular complexity index is 1140. The molecular weight excluding hydrogens is 356 g/mol. The normalized spacial score (nSPS) is 14.7. The SMILES string of the molecule is COC(=O)c1ccc2oc3c(c(=O)c2c1)CCCC3=Cc1ccc(OC)cc1. The lowest BCUT2D eigenvalue weighted by molar-refractivity contribution is 0.0601. The molecule has 1 aliphatic carbocycles. The smallest absolute Gasteiger partial charge is 0.337 e. The summed E-state index contributed by atoms with van der Waals surface area (Å²) in [5.41, 5.74) is 3.42. The summed E-state index contributed by atoms with van der Waals surface area (Å²) in [6.07, 6.45) is 4.43. The molecule has 1 aliphatic rings. The van der Waals surface area contributed by atoms with Crippen molar-refractivity contribution in [2.45, 2.75) is 19.3 Å². The molecule has 0 saturated carbocycles. The van der Waals surface area contributed by atoms with Crippen LogP contribution in [-0.4, -0.2) is 20.2 Å². The van der Waals surface area contributed by atoms with Crippen LogP contribution in [0.5, 0.6) is 5.75 Å². The van der Waals surface area contributed by atoms with Gasteiger partial charge in [-0.25, -0.2) is 4.79 Å². The fourth-order valence-electron chi connectivity index (χ4n) is 3.57. The van der Waals surface area contributed by atoms with Gasteiger partial charge in [0.25, 0.3) is 0 Å². The zero-order chi connectivity index (χ0) is 19.7. The van der Waals surface area contributed by atoms with Crippen molar-refractivity contribution in [3.8, 4) is 5.75 Å². The highest BCUT2D eigenvalue weighted by molar-refractivity contribution is 5.94. The summed E-state index contributed by atoms with van der Waals surface area (Å²) in [6, 6.07) is 12.6. The highest BCUT2D eigenvalue weighted by atomic mass is 16.5. The summed E-state index contributed by atoms with van der Waals surface area (Å²) >= 11 is 0. The largest absolute Gasteiger partial charge is 0.497 e. The van der Waals surface area contributed by atoms with E-state index in [4.69, 9.17) is 13.9 Å². The number of rotatable bonds is 3. The van der Waals surface area contributed by atoms with Gasteiger partial charge < -0.3 is 13.9 Å². The Balaban J connectivity index is 1.83. The zero-order valence-electron chi connectivity index (χ0n) is 15.8. The average Bonchev–Trinajstić information content (AvgIpc) is 2.74. The molecule has 0 unspecified atom stereocenters. The molecule has 0 spiro atoms. The summed E-state index contributed by atoms with van der Waals surface area (Å²) in [5.74, 6) is 0.967. The van der Waals surface area contributed by atoms with Gasteiger partial charge in [0.2, 0.25) is 0 Å². The van der Waals surface area contributed by atoms with Gasteiger partial charge in [0.1, 0.15) is 17.1 Å². The van der Waals surface area contributed by atoms with E-state index in [1.807, 2.05) is 24.3 Å². The molecule has 5 nitrogen and oxygen atoms in total. The first kappa shape index (κ1) is 18.0. The number of fused-ring (bicyclic) bond motifs is 2. The number of carbonyl (C=O) groups is 1. The van der Waals surface area contributed by atoms with Gasteiger partial charge in [0.15, 0.2) is 5.43 Å². The first-order chi connectivity index (χ1) is 13.6. The molecule has 4 rings (SSSR count). The topological polar surface area (TPSA) is 65.7 Å². The van der Waals surface area contributed by atoms with Crippen molar-refractivity contribution in [2.24, 2.45) is 0 Å². The van der Waals surface area contributed by atoms with Crippen molar-refractivity contribution in [1.82, 2.24) is 0 Å². The van der Waals surface area contributed by atoms with Crippen LogP contribution in [0.25, 0.3) is 22.6 Å². The van der Waals surface area contributed by atoms with Crippen LogP contribution in [0, 0.1) is 0 Å². The van der Waals surface area contributed by atoms with E-state index in [9.17, 15) is 9.59 Å². The van der Waals surface area contributed by atoms with Crippen LogP contribution >= 0.6 is 0 Å². The summed E-state index contributed by atoms with van der Waals surface area (Å²) in [5, 5.41) is 0.410. The highest BCUT2D eigenvalue weighted by Crippen LogP contribution is 2.33. The number of ether oxygens (including phenoxy) is 2. The van der Waals surface area contributed by atoms with Gasteiger partial charge in [0.05, 0.1) is 25.2 Å². The standard InChI is InChI=1S/C23H20O5/c1-26-17-9-6-14(7-10-17)12-15-4-3-5-18-21(24)19-13-16(23(25)27-2)8-11-20(19)28-22(15)18/h6-13H,3-5H2,1-2H3. The van der Waals surface area contributed by atoms with E-state index < -0.39 is 5.97 Å². The average molecular weight is 376 g/mol. The second kappa shape index (κ2) is 7.35. The van der Waals surface area contributed by atoms with E-state index in [2.05, 4.69) is 6.08 Å². The predicted octanol–water partition coefficient (Wildman–Crippen LogP) is 4.47. The minimum Gasteiger partial charge on any atom is -0.497 e. The maximum Gasteiger partial charge on any atom is 0.337 e. The van der Waals surface area contributed by atoms with Crippen LogP contribution in [0.1, 0.15) is 40.1 Å². The molecule has 0 fully saturated rings. The Morgan fingerprint density at radius 1 is 1.07 bits per heavy atom. The molecule has 1 aromatic heterocycles.